The monoisotopic (exact) mass is 320 g/mol. The van der Waals surface area contributed by atoms with Crippen LogP contribution in [0.3, 0.4) is 0 Å². The van der Waals surface area contributed by atoms with Crippen LogP contribution in [0, 0.1) is 5.82 Å². The van der Waals surface area contributed by atoms with Gasteiger partial charge in [0.15, 0.2) is 0 Å². The Morgan fingerprint density at radius 3 is 2.77 bits per heavy atom. The van der Waals surface area contributed by atoms with Crippen molar-refractivity contribution in [2.24, 2.45) is 0 Å². The predicted octanol–water partition coefficient (Wildman–Crippen LogP) is 4.30. The van der Waals surface area contributed by atoms with Crippen LogP contribution in [0.25, 0.3) is 0 Å². The number of amides is 2. The van der Waals surface area contributed by atoms with E-state index in [-0.39, 0.29) is 18.0 Å². The van der Waals surface area contributed by atoms with Gasteiger partial charge in [0, 0.05) is 10.7 Å². The van der Waals surface area contributed by atoms with Gasteiger partial charge in [-0.25, -0.2) is 9.18 Å². The molecule has 0 radical (unpaired) electrons. The van der Waals surface area contributed by atoms with Crippen LogP contribution >= 0.6 is 11.6 Å². The number of hydrogen-bond donors (Lipinski definition) is 1. The Hall–Kier alpha value is -2.27. The molecule has 6 heteroatoms. The van der Waals surface area contributed by atoms with E-state index in [1.165, 1.54) is 24.3 Å². The van der Waals surface area contributed by atoms with Crippen LogP contribution in [0.5, 0.6) is 5.75 Å². The van der Waals surface area contributed by atoms with Gasteiger partial charge in [0.25, 0.3) is 0 Å². The summed E-state index contributed by atoms with van der Waals surface area (Å²) < 4.78 is 18.6. The molecule has 0 aromatic heterocycles. The maximum Gasteiger partial charge on any atom is 0.326 e. The number of anilines is 2. The first-order valence-corrected chi connectivity index (χ1v) is 7.21. The maximum atomic E-state index is 12.9. The van der Waals surface area contributed by atoms with E-state index in [0.717, 1.165) is 0 Å². The average Bonchev–Trinajstić information content (AvgIpc) is 2.49. The molecule has 1 N–H and O–H groups in total. The number of carbonyl (C=O) groups is 1. The van der Waals surface area contributed by atoms with Crippen LogP contribution in [0.2, 0.25) is 5.02 Å². The molecule has 1 unspecified atom stereocenters. The van der Waals surface area contributed by atoms with Crippen LogP contribution in [-0.4, -0.2) is 18.7 Å². The third-order valence-corrected chi connectivity index (χ3v) is 3.56. The first kappa shape index (κ1) is 14.7. The fourth-order valence-corrected chi connectivity index (χ4v) is 2.49. The number of nitrogens with one attached hydrogen (secondary N) is 1. The van der Waals surface area contributed by atoms with Gasteiger partial charge in [-0.05, 0) is 49.4 Å². The Morgan fingerprint density at radius 2 is 2.05 bits per heavy atom. The smallest absolute Gasteiger partial charge is 0.326 e. The third kappa shape index (κ3) is 2.99. The molecule has 0 saturated heterocycles. The summed E-state index contributed by atoms with van der Waals surface area (Å²) in [6.07, 6.45) is -0.132. The molecule has 0 spiro atoms. The first-order valence-electron chi connectivity index (χ1n) is 6.83. The first-order chi connectivity index (χ1) is 10.5. The van der Waals surface area contributed by atoms with E-state index in [4.69, 9.17) is 16.3 Å². The van der Waals surface area contributed by atoms with E-state index in [0.29, 0.717) is 28.7 Å². The molecular formula is C16H14ClFN2O2. The van der Waals surface area contributed by atoms with Crippen LogP contribution in [-0.2, 0) is 0 Å². The highest BCUT2D eigenvalue weighted by atomic mass is 35.5. The fourth-order valence-electron chi connectivity index (χ4n) is 2.33. The van der Waals surface area contributed by atoms with Gasteiger partial charge in [-0.3, -0.25) is 4.90 Å². The van der Waals surface area contributed by atoms with Crippen molar-refractivity contribution in [3.8, 4) is 5.75 Å². The Bertz CT molecular complexity index is 706. The average molecular weight is 321 g/mol. The van der Waals surface area contributed by atoms with Gasteiger partial charge >= 0.3 is 6.03 Å². The minimum Gasteiger partial charge on any atom is -0.487 e. The van der Waals surface area contributed by atoms with Crippen molar-refractivity contribution >= 4 is 29.0 Å². The molecule has 2 aromatic rings. The molecule has 0 bridgehead atoms. The fraction of sp³-hybridized carbons (Fsp3) is 0.188. The second-order valence-electron chi connectivity index (χ2n) is 5.09. The summed E-state index contributed by atoms with van der Waals surface area (Å²) in [5, 5.41) is 3.27. The van der Waals surface area contributed by atoms with Crippen LogP contribution in [0.4, 0.5) is 20.6 Å². The van der Waals surface area contributed by atoms with E-state index in [2.05, 4.69) is 5.32 Å². The number of hydrogen-bond acceptors (Lipinski definition) is 2. The molecule has 0 aliphatic carbocycles. The molecule has 1 aliphatic rings. The van der Waals surface area contributed by atoms with E-state index < -0.39 is 0 Å². The number of urea groups is 1. The molecule has 1 heterocycles. The molecule has 2 amide bonds. The standard InChI is InChI=1S/C16H14ClFN2O2/c1-10-9-20(14-8-11(17)2-7-15(14)22-10)16(21)19-13-5-3-12(18)4-6-13/h2-8,10H,9H2,1H3,(H,19,21). The molecule has 3 rings (SSSR count). The van der Waals surface area contributed by atoms with Crippen molar-refractivity contribution in [3.63, 3.8) is 0 Å². The Kier molecular flexibility index (Phi) is 3.90. The lowest BCUT2D eigenvalue weighted by molar-refractivity contribution is 0.208. The number of halogens is 2. The zero-order valence-electron chi connectivity index (χ0n) is 11.8. The molecule has 1 atom stereocenters. The van der Waals surface area contributed by atoms with Crippen molar-refractivity contribution in [2.45, 2.75) is 13.0 Å². The molecule has 0 saturated carbocycles. The lowest BCUT2D eigenvalue weighted by Gasteiger charge is -2.33. The Morgan fingerprint density at radius 1 is 1.32 bits per heavy atom. The van der Waals surface area contributed by atoms with Crippen molar-refractivity contribution in [1.29, 1.82) is 0 Å². The van der Waals surface area contributed by atoms with Gasteiger partial charge in [-0.1, -0.05) is 11.6 Å². The molecule has 1 aliphatic heterocycles. The number of rotatable bonds is 1. The van der Waals surface area contributed by atoms with Gasteiger partial charge in [-0.2, -0.15) is 0 Å². The summed E-state index contributed by atoms with van der Waals surface area (Å²) in [7, 11) is 0. The summed E-state index contributed by atoms with van der Waals surface area (Å²) in [6.45, 7) is 2.29. The number of carbonyl (C=O) groups excluding carboxylic acids is 1. The molecule has 22 heavy (non-hydrogen) atoms. The molecular weight excluding hydrogens is 307 g/mol. The molecule has 0 fully saturated rings. The zero-order chi connectivity index (χ0) is 15.7. The van der Waals surface area contributed by atoms with Gasteiger partial charge in [0.05, 0.1) is 12.2 Å². The predicted molar refractivity (Wildman–Crippen MR) is 84.3 cm³/mol. The molecule has 2 aromatic carbocycles. The van der Waals surface area contributed by atoms with Crippen LogP contribution in [0.1, 0.15) is 6.92 Å². The maximum absolute atomic E-state index is 12.9. The lowest BCUT2D eigenvalue weighted by Crippen LogP contribution is -2.44. The highest BCUT2D eigenvalue weighted by Crippen LogP contribution is 2.35. The van der Waals surface area contributed by atoms with Crippen LogP contribution < -0.4 is 15.0 Å². The normalized spacial score (nSPS) is 16.7. The summed E-state index contributed by atoms with van der Waals surface area (Å²) in [4.78, 5) is 14.1. The van der Waals surface area contributed by atoms with Crippen molar-refractivity contribution in [3.05, 3.63) is 53.3 Å². The Balaban J connectivity index is 1.86. The van der Waals surface area contributed by atoms with E-state index in [9.17, 15) is 9.18 Å². The van der Waals surface area contributed by atoms with Gasteiger partial charge in [-0.15, -0.1) is 0 Å². The minimum atomic E-state index is -0.352. The number of ether oxygens (including phenoxy) is 1. The van der Waals surface area contributed by atoms with Gasteiger partial charge < -0.3 is 10.1 Å². The van der Waals surface area contributed by atoms with Crippen molar-refractivity contribution in [2.75, 3.05) is 16.8 Å². The van der Waals surface area contributed by atoms with E-state index in [1.807, 2.05) is 6.92 Å². The summed E-state index contributed by atoms with van der Waals surface area (Å²) in [6, 6.07) is 10.4. The number of fused-ring (bicyclic) bond motifs is 1. The second kappa shape index (κ2) is 5.85. The van der Waals surface area contributed by atoms with Crippen LogP contribution in [0.15, 0.2) is 42.5 Å². The number of benzene rings is 2. The molecule has 4 nitrogen and oxygen atoms in total. The lowest BCUT2D eigenvalue weighted by atomic mass is 10.2. The largest absolute Gasteiger partial charge is 0.487 e. The quantitative estimate of drug-likeness (QED) is 0.851. The summed E-state index contributed by atoms with van der Waals surface area (Å²) >= 11 is 6.01. The Labute approximate surface area is 132 Å². The number of nitrogens with zero attached hydrogens (tertiary/aromatic N) is 1. The zero-order valence-corrected chi connectivity index (χ0v) is 12.6. The van der Waals surface area contributed by atoms with Gasteiger partial charge in [0.2, 0.25) is 0 Å². The SMILES string of the molecule is CC1CN(C(=O)Nc2ccc(F)cc2)c2cc(Cl)ccc2O1. The van der Waals surface area contributed by atoms with Crippen molar-refractivity contribution < 1.29 is 13.9 Å². The summed E-state index contributed by atoms with van der Waals surface area (Å²) in [5.74, 6) is 0.257. The minimum absolute atomic E-state index is 0.132. The van der Waals surface area contributed by atoms with E-state index in [1.54, 1.807) is 23.1 Å². The second-order valence-corrected chi connectivity index (χ2v) is 5.52. The van der Waals surface area contributed by atoms with Gasteiger partial charge in [0.1, 0.15) is 17.7 Å². The topological polar surface area (TPSA) is 41.6 Å². The highest BCUT2D eigenvalue weighted by molar-refractivity contribution is 6.31. The summed E-state index contributed by atoms with van der Waals surface area (Å²) in [5.41, 5.74) is 1.14. The van der Waals surface area contributed by atoms with Crippen molar-refractivity contribution in [1.82, 2.24) is 0 Å². The molecule has 114 valence electrons. The third-order valence-electron chi connectivity index (χ3n) is 3.32. The highest BCUT2D eigenvalue weighted by Gasteiger charge is 2.28. The van der Waals surface area contributed by atoms with E-state index >= 15 is 0 Å².